The highest BCUT2D eigenvalue weighted by Gasteiger charge is 2.27. The van der Waals surface area contributed by atoms with Crippen molar-refractivity contribution < 1.29 is 14.3 Å². The van der Waals surface area contributed by atoms with Gasteiger partial charge in [-0.3, -0.25) is 0 Å². The average molecular weight is 281 g/mol. The maximum atomic E-state index is 14.2. The largest absolute Gasteiger partial charge is 0.409 e. The van der Waals surface area contributed by atoms with Crippen LogP contribution in [0.3, 0.4) is 0 Å². The molecular formula is C14H20FN3O2. The maximum Gasteiger partial charge on any atom is 0.173 e. The molecule has 1 atom stereocenters. The minimum atomic E-state index is -0.462. The molecule has 0 radical (unpaired) electrons. The van der Waals surface area contributed by atoms with Crippen molar-refractivity contribution in [2.75, 3.05) is 13.2 Å². The molecule has 20 heavy (non-hydrogen) atoms. The third-order valence-corrected chi connectivity index (χ3v) is 3.61. The highest BCUT2D eigenvalue weighted by Crippen LogP contribution is 2.20. The third kappa shape index (κ3) is 3.26. The Morgan fingerprint density at radius 2 is 2.40 bits per heavy atom. The summed E-state index contributed by atoms with van der Waals surface area (Å²) in [5.74, 6) is -0.688. The SMILES string of the molecule is CC1(NCc2cccc(/C(N)=N/O)c2F)CCCOC1. The molecule has 0 aliphatic carbocycles. The molecule has 0 aromatic heterocycles. The lowest BCUT2D eigenvalue weighted by Gasteiger charge is -2.34. The Bertz CT molecular complexity index is 499. The van der Waals surface area contributed by atoms with Crippen molar-refractivity contribution in [3.05, 3.63) is 35.1 Å². The normalized spacial score (nSPS) is 23.8. The van der Waals surface area contributed by atoms with E-state index in [1.165, 1.54) is 6.07 Å². The zero-order chi connectivity index (χ0) is 14.6. The Morgan fingerprint density at radius 3 is 3.05 bits per heavy atom. The summed E-state index contributed by atoms with van der Waals surface area (Å²) in [6.07, 6.45) is 1.99. The first kappa shape index (κ1) is 14.7. The van der Waals surface area contributed by atoms with Crippen molar-refractivity contribution in [1.82, 2.24) is 5.32 Å². The van der Waals surface area contributed by atoms with Gasteiger partial charge in [-0.15, -0.1) is 0 Å². The van der Waals surface area contributed by atoms with Crippen LogP contribution >= 0.6 is 0 Å². The van der Waals surface area contributed by atoms with E-state index in [0.717, 1.165) is 19.4 Å². The molecular weight excluding hydrogens is 261 g/mol. The van der Waals surface area contributed by atoms with Crippen molar-refractivity contribution in [2.24, 2.45) is 10.9 Å². The number of nitrogens with two attached hydrogens (primary N) is 1. The predicted octanol–water partition coefficient (Wildman–Crippen LogP) is 1.58. The Labute approximate surface area is 117 Å². The number of hydrogen-bond acceptors (Lipinski definition) is 4. The molecule has 6 heteroatoms. The van der Waals surface area contributed by atoms with Crippen molar-refractivity contribution in [3.8, 4) is 0 Å². The lowest BCUT2D eigenvalue weighted by molar-refractivity contribution is 0.0276. The van der Waals surface area contributed by atoms with Gasteiger partial charge in [0.25, 0.3) is 0 Å². The van der Waals surface area contributed by atoms with Crippen LogP contribution in [0.25, 0.3) is 0 Å². The van der Waals surface area contributed by atoms with E-state index in [4.69, 9.17) is 15.7 Å². The molecule has 1 fully saturated rings. The van der Waals surface area contributed by atoms with Crippen LogP contribution in [-0.4, -0.2) is 29.8 Å². The van der Waals surface area contributed by atoms with Crippen LogP contribution in [0.1, 0.15) is 30.9 Å². The van der Waals surface area contributed by atoms with Gasteiger partial charge in [-0.05, 0) is 25.8 Å². The van der Waals surface area contributed by atoms with E-state index < -0.39 is 5.82 Å². The van der Waals surface area contributed by atoms with Gasteiger partial charge in [-0.2, -0.15) is 0 Å². The standard InChI is InChI=1S/C14H20FN3O2/c1-14(6-3-7-20-9-14)17-8-10-4-2-5-11(12(10)15)13(16)18-19/h2,4-5,17,19H,3,6-9H2,1H3,(H2,16,18). The molecule has 0 saturated carbocycles. The van der Waals surface area contributed by atoms with Crippen molar-refractivity contribution in [1.29, 1.82) is 0 Å². The minimum Gasteiger partial charge on any atom is -0.409 e. The number of nitrogens with zero attached hydrogens (tertiary/aromatic N) is 1. The first-order chi connectivity index (χ1) is 9.56. The molecule has 0 spiro atoms. The second-order valence-electron chi connectivity index (χ2n) is 5.33. The summed E-state index contributed by atoms with van der Waals surface area (Å²) >= 11 is 0. The monoisotopic (exact) mass is 281 g/mol. The van der Waals surface area contributed by atoms with E-state index in [2.05, 4.69) is 17.4 Å². The fourth-order valence-electron chi connectivity index (χ4n) is 2.35. The van der Waals surface area contributed by atoms with Gasteiger partial charge in [0.1, 0.15) is 5.82 Å². The van der Waals surface area contributed by atoms with E-state index in [-0.39, 0.29) is 16.9 Å². The Hall–Kier alpha value is -1.66. The molecule has 1 aromatic carbocycles. The molecule has 1 heterocycles. The van der Waals surface area contributed by atoms with Crippen LogP contribution in [0.15, 0.2) is 23.4 Å². The fourth-order valence-corrected chi connectivity index (χ4v) is 2.35. The molecule has 5 nitrogen and oxygen atoms in total. The van der Waals surface area contributed by atoms with Crippen LogP contribution in [0.4, 0.5) is 4.39 Å². The molecule has 110 valence electrons. The van der Waals surface area contributed by atoms with Gasteiger partial charge in [0.2, 0.25) is 0 Å². The number of benzene rings is 1. The maximum absolute atomic E-state index is 14.2. The fraction of sp³-hybridized carbons (Fsp3) is 0.500. The van der Waals surface area contributed by atoms with Crippen molar-refractivity contribution >= 4 is 5.84 Å². The smallest absolute Gasteiger partial charge is 0.173 e. The molecule has 1 unspecified atom stereocenters. The predicted molar refractivity (Wildman–Crippen MR) is 74.2 cm³/mol. The average Bonchev–Trinajstić information content (AvgIpc) is 2.46. The highest BCUT2D eigenvalue weighted by atomic mass is 19.1. The van der Waals surface area contributed by atoms with Crippen LogP contribution in [0.5, 0.6) is 0 Å². The van der Waals surface area contributed by atoms with Crippen molar-refractivity contribution in [3.63, 3.8) is 0 Å². The Morgan fingerprint density at radius 1 is 1.60 bits per heavy atom. The molecule has 2 rings (SSSR count). The number of halogens is 1. The zero-order valence-electron chi connectivity index (χ0n) is 11.5. The summed E-state index contributed by atoms with van der Waals surface area (Å²) < 4.78 is 19.7. The van der Waals surface area contributed by atoms with Crippen LogP contribution in [0, 0.1) is 5.82 Å². The number of nitrogens with one attached hydrogen (secondary N) is 1. The van der Waals surface area contributed by atoms with Gasteiger partial charge in [0, 0.05) is 24.3 Å². The van der Waals surface area contributed by atoms with Crippen LogP contribution in [0.2, 0.25) is 0 Å². The number of ether oxygens (including phenoxy) is 1. The summed E-state index contributed by atoms with van der Waals surface area (Å²) in [6.45, 7) is 3.84. The summed E-state index contributed by atoms with van der Waals surface area (Å²) in [4.78, 5) is 0. The van der Waals surface area contributed by atoms with Gasteiger partial charge in [-0.25, -0.2) is 4.39 Å². The lowest BCUT2D eigenvalue weighted by atomic mass is 9.94. The summed E-state index contributed by atoms with van der Waals surface area (Å²) in [7, 11) is 0. The van der Waals surface area contributed by atoms with E-state index >= 15 is 0 Å². The third-order valence-electron chi connectivity index (χ3n) is 3.61. The molecule has 0 amide bonds. The molecule has 1 aromatic rings. The van der Waals surface area contributed by atoms with Gasteiger partial charge in [-0.1, -0.05) is 17.3 Å². The number of amidine groups is 1. The Kier molecular flexibility index (Phi) is 4.57. The van der Waals surface area contributed by atoms with E-state index in [0.29, 0.717) is 18.7 Å². The summed E-state index contributed by atoms with van der Waals surface area (Å²) in [6, 6.07) is 4.86. The van der Waals surface area contributed by atoms with Crippen LogP contribution in [-0.2, 0) is 11.3 Å². The minimum absolute atomic E-state index is 0.108. The first-order valence-electron chi connectivity index (χ1n) is 6.64. The van der Waals surface area contributed by atoms with Gasteiger partial charge < -0.3 is 21.0 Å². The molecule has 1 saturated heterocycles. The number of rotatable bonds is 4. The quantitative estimate of drug-likeness (QED) is 0.339. The highest BCUT2D eigenvalue weighted by molar-refractivity contribution is 5.97. The molecule has 1 aliphatic rings. The summed E-state index contributed by atoms with van der Waals surface area (Å²) in [5.41, 5.74) is 5.90. The lowest BCUT2D eigenvalue weighted by Crippen LogP contribution is -2.48. The van der Waals surface area contributed by atoms with E-state index in [1.54, 1.807) is 12.1 Å². The van der Waals surface area contributed by atoms with E-state index in [1.807, 2.05) is 0 Å². The zero-order valence-corrected chi connectivity index (χ0v) is 11.5. The molecule has 1 aliphatic heterocycles. The topological polar surface area (TPSA) is 79.9 Å². The number of oxime groups is 1. The van der Waals surface area contributed by atoms with Crippen molar-refractivity contribution in [2.45, 2.75) is 31.8 Å². The first-order valence-corrected chi connectivity index (χ1v) is 6.64. The van der Waals surface area contributed by atoms with Crippen LogP contribution < -0.4 is 11.1 Å². The number of hydrogen-bond donors (Lipinski definition) is 3. The molecule has 4 N–H and O–H groups in total. The van der Waals surface area contributed by atoms with Gasteiger partial charge in [0.05, 0.1) is 12.2 Å². The molecule has 0 bridgehead atoms. The second kappa shape index (κ2) is 6.19. The Balaban J connectivity index is 2.10. The second-order valence-corrected chi connectivity index (χ2v) is 5.33. The van der Waals surface area contributed by atoms with E-state index in [9.17, 15) is 4.39 Å². The van der Waals surface area contributed by atoms with Gasteiger partial charge >= 0.3 is 0 Å². The van der Waals surface area contributed by atoms with Gasteiger partial charge in [0.15, 0.2) is 5.84 Å². The summed E-state index contributed by atoms with van der Waals surface area (Å²) in [5, 5.41) is 14.8.